The zero-order valence-corrected chi connectivity index (χ0v) is 12.7. The molecule has 0 radical (unpaired) electrons. The van der Waals surface area contributed by atoms with Crippen LogP contribution >= 0.6 is 0 Å². The molecule has 0 saturated carbocycles. The molecule has 23 heavy (non-hydrogen) atoms. The van der Waals surface area contributed by atoms with E-state index in [0.29, 0.717) is 26.3 Å². The Balaban J connectivity index is 1.60. The number of urea groups is 1. The lowest BCUT2D eigenvalue weighted by atomic mass is 10.1. The standard InChI is InChI=1S/C16H19N3O4/c20-14(18-6-8-23-9-7-18)10-13-15(21)19(16(22)17-13)11-12-4-2-1-3-5-12/h1-5,13H,6-11H2,(H,17,22)/t13-/m1/s1. The van der Waals surface area contributed by atoms with Crippen LogP contribution in [0.4, 0.5) is 4.79 Å². The second-order valence-corrected chi connectivity index (χ2v) is 5.61. The number of morpholine rings is 1. The summed E-state index contributed by atoms with van der Waals surface area (Å²) in [4.78, 5) is 39.4. The molecule has 0 bridgehead atoms. The first-order valence-corrected chi connectivity index (χ1v) is 7.66. The van der Waals surface area contributed by atoms with Gasteiger partial charge in [-0.25, -0.2) is 4.79 Å². The van der Waals surface area contributed by atoms with Crippen molar-refractivity contribution >= 4 is 17.8 Å². The molecule has 4 amide bonds. The molecule has 1 atom stereocenters. The summed E-state index contributed by atoms with van der Waals surface area (Å²) in [5, 5.41) is 2.60. The van der Waals surface area contributed by atoms with Gasteiger partial charge in [-0.2, -0.15) is 0 Å². The van der Waals surface area contributed by atoms with Crippen LogP contribution < -0.4 is 5.32 Å². The molecule has 1 aromatic carbocycles. The molecule has 2 fully saturated rings. The van der Waals surface area contributed by atoms with E-state index in [0.717, 1.165) is 10.5 Å². The highest BCUT2D eigenvalue weighted by Gasteiger charge is 2.39. The molecule has 0 aromatic heterocycles. The van der Waals surface area contributed by atoms with Crippen molar-refractivity contribution in [2.24, 2.45) is 0 Å². The van der Waals surface area contributed by atoms with E-state index < -0.39 is 12.1 Å². The number of nitrogens with one attached hydrogen (secondary N) is 1. The number of amides is 4. The number of carbonyl (C=O) groups is 3. The minimum atomic E-state index is -0.776. The highest BCUT2D eigenvalue weighted by molar-refractivity contribution is 6.05. The maximum atomic E-state index is 12.4. The maximum absolute atomic E-state index is 12.4. The van der Waals surface area contributed by atoms with Crippen molar-refractivity contribution in [1.29, 1.82) is 0 Å². The van der Waals surface area contributed by atoms with E-state index >= 15 is 0 Å². The van der Waals surface area contributed by atoms with E-state index in [1.54, 1.807) is 4.90 Å². The maximum Gasteiger partial charge on any atom is 0.325 e. The predicted molar refractivity (Wildman–Crippen MR) is 81.3 cm³/mol. The normalized spacial score (nSPS) is 21.5. The zero-order valence-electron chi connectivity index (χ0n) is 12.7. The lowest BCUT2D eigenvalue weighted by molar-refractivity contribution is -0.138. The second-order valence-electron chi connectivity index (χ2n) is 5.61. The van der Waals surface area contributed by atoms with Gasteiger partial charge in [0.05, 0.1) is 26.2 Å². The number of hydrogen-bond acceptors (Lipinski definition) is 4. The topological polar surface area (TPSA) is 79.0 Å². The molecule has 2 aliphatic rings. The number of ether oxygens (including phenoxy) is 1. The van der Waals surface area contributed by atoms with Crippen LogP contribution in [0.1, 0.15) is 12.0 Å². The molecule has 2 heterocycles. The molecular weight excluding hydrogens is 298 g/mol. The number of imide groups is 1. The van der Waals surface area contributed by atoms with Crippen LogP contribution in [-0.4, -0.2) is 60.0 Å². The number of rotatable bonds is 4. The number of carbonyl (C=O) groups excluding carboxylic acids is 3. The van der Waals surface area contributed by atoms with Gasteiger partial charge in [0.1, 0.15) is 6.04 Å². The molecule has 3 rings (SSSR count). The Morgan fingerprint density at radius 3 is 2.57 bits per heavy atom. The van der Waals surface area contributed by atoms with Gasteiger partial charge < -0.3 is 15.0 Å². The van der Waals surface area contributed by atoms with Crippen LogP contribution in [0.15, 0.2) is 30.3 Å². The Bertz CT molecular complexity index is 599. The van der Waals surface area contributed by atoms with Gasteiger partial charge in [0, 0.05) is 13.1 Å². The molecule has 7 nitrogen and oxygen atoms in total. The molecule has 1 N–H and O–H groups in total. The summed E-state index contributed by atoms with van der Waals surface area (Å²) in [7, 11) is 0. The Morgan fingerprint density at radius 1 is 1.17 bits per heavy atom. The summed E-state index contributed by atoms with van der Waals surface area (Å²) in [5.74, 6) is -0.478. The van der Waals surface area contributed by atoms with Crippen LogP contribution in [0, 0.1) is 0 Å². The summed E-state index contributed by atoms with van der Waals surface area (Å²) in [5.41, 5.74) is 0.871. The van der Waals surface area contributed by atoms with Crippen molar-refractivity contribution in [3.63, 3.8) is 0 Å². The SMILES string of the molecule is O=C(C[C@H]1NC(=O)N(Cc2ccccc2)C1=O)N1CCOCC1. The summed E-state index contributed by atoms with van der Waals surface area (Å²) in [6, 6.07) is 8.07. The summed E-state index contributed by atoms with van der Waals surface area (Å²) in [6.07, 6.45) is -0.00410. The lowest BCUT2D eigenvalue weighted by Gasteiger charge is -2.27. The predicted octanol–water partition coefficient (Wildman–Crippen LogP) is 0.356. The van der Waals surface area contributed by atoms with Crippen LogP contribution in [0.25, 0.3) is 0 Å². The van der Waals surface area contributed by atoms with Crippen LogP contribution in [0.5, 0.6) is 0 Å². The fraction of sp³-hybridized carbons (Fsp3) is 0.438. The van der Waals surface area contributed by atoms with E-state index in [2.05, 4.69) is 5.32 Å². The molecule has 7 heteroatoms. The molecule has 0 unspecified atom stereocenters. The Labute approximate surface area is 134 Å². The van der Waals surface area contributed by atoms with Crippen LogP contribution in [-0.2, 0) is 20.9 Å². The van der Waals surface area contributed by atoms with E-state index in [4.69, 9.17) is 4.74 Å². The monoisotopic (exact) mass is 317 g/mol. The second kappa shape index (κ2) is 6.78. The average molecular weight is 317 g/mol. The van der Waals surface area contributed by atoms with Gasteiger partial charge in [-0.15, -0.1) is 0 Å². The zero-order chi connectivity index (χ0) is 16.2. The Hall–Kier alpha value is -2.41. The molecule has 1 aromatic rings. The van der Waals surface area contributed by atoms with Gasteiger partial charge in [-0.3, -0.25) is 14.5 Å². The van der Waals surface area contributed by atoms with Crippen LogP contribution in [0.2, 0.25) is 0 Å². The summed E-state index contributed by atoms with van der Waals surface area (Å²) >= 11 is 0. The van der Waals surface area contributed by atoms with E-state index in [9.17, 15) is 14.4 Å². The lowest BCUT2D eigenvalue weighted by Crippen LogP contribution is -2.44. The Kier molecular flexibility index (Phi) is 4.57. The third-order valence-corrected chi connectivity index (χ3v) is 4.03. The molecular formula is C16H19N3O4. The first-order valence-electron chi connectivity index (χ1n) is 7.66. The van der Waals surface area contributed by atoms with Gasteiger partial charge in [0.2, 0.25) is 5.91 Å². The quantitative estimate of drug-likeness (QED) is 0.813. The van der Waals surface area contributed by atoms with Crippen LogP contribution in [0.3, 0.4) is 0 Å². The fourth-order valence-electron chi connectivity index (χ4n) is 2.75. The summed E-state index contributed by atoms with van der Waals surface area (Å²) in [6.45, 7) is 2.30. The first kappa shape index (κ1) is 15.5. The average Bonchev–Trinajstić information content (AvgIpc) is 2.84. The highest BCUT2D eigenvalue weighted by Crippen LogP contribution is 2.15. The number of benzene rings is 1. The molecule has 2 saturated heterocycles. The molecule has 122 valence electrons. The molecule has 0 spiro atoms. The molecule has 0 aliphatic carbocycles. The van der Waals surface area contributed by atoms with Gasteiger partial charge in [0.15, 0.2) is 0 Å². The van der Waals surface area contributed by atoms with Gasteiger partial charge in [0.25, 0.3) is 5.91 Å². The fourth-order valence-corrected chi connectivity index (χ4v) is 2.75. The Morgan fingerprint density at radius 2 is 1.87 bits per heavy atom. The van der Waals surface area contributed by atoms with Crippen molar-refractivity contribution in [2.75, 3.05) is 26.3 Å². The smallest absolute Gasteiger partial charge is 0.325 e. The van der Waals surface area contributed by atoms with Crippen molar-refractivity contribution < 1.29 is 19.1 Å². The number of hydrogen-bond donors (Lipinski definition) is 1. The highest BCUT2D eigenvalue weighted by atomic mass is 16.5. The van der Waals surface area contributed by atoms with Crippen molar-refractivity contribution in [3.8, 4) is 0 Å². The van der Waals surface area contributed by atoms with Gasteiger partial charge in [-0.05, 0) is 5.56 Å². The van der Waals surface area contributed by atoms with Crippen molar-refractivity contribution in [2.45, 2.75) is 19.0 Å². The summed E-state index contributed by atoms with van der Waals surface area (Å²) < 4.78 is 5.20. The largest absolute Gasteiger partial charge is 0.378 e. The molecule has 2 aliphatic heterocycles. The van der Waals surface area contributed by atoms with Gasteiger partial charge >= 0.3 is 6.03 Å². The third-order valence-electron chi connectivity index (χ3n) is 4.03. The minimum Gasteiger partial charge on any atom is -0.378 e. The van der Waals surface area contributed by atoms with E-state index in [1.807, 2.05) is 30.3 Å². The van der Waals surface area contributed by atoms with Gasteiger partial charge in [-0.1, -0.05) is 30.3 Å². The first-order chi connectivity index (χ1) is 11.1. The van der Waals surface area contributed by atoms with Crippen molar-refractivity contribution in [1.82, 2.24) is 15.1 Å². The number of nitrogens with zero attached hydrogens (tertiary/aromatic N) is 2. The minimum absolute atomic E-state index is 0.00410. The third kappa shape index (κ3) is 3.50. The van der Waals surface area contributed by atoms with Crippen molar-refractivity contribution in [3.05, 3.63) is 35.9 Å². The van der Waals surface area contributed by atoms with E-state index in [-0.39, 0.29) is 24.8 Å². The van der Waals surface area contributed by atoms with E-state index in [1.165, 1.54) is 0 Å².